The molecule has 0 saturated carbocycles. The molecule has 0 aliphatic carbocycles. The molecule has 0 aliphatic rings. The van der Waals surface area contributed by atoms with Crippen molar-refractivity contribution in [2.24, 2.45) is 4.99 Å². The second-order valence-corrected chi connectivity index (χ2v) is 17.0. The van der Waals surface area contributed by atoms with Crippen LogP contribution in [-0.4, -0.2) is 22.5 Å². The standard InChI is InChI=1S/C38H51Cl2NO2/c1-23(41-22-24-14-31(39)21-32(40)33(24)42)38(43,29-17-25(34(2,3)4)15-26(18-29)35(5,6)7)30-19-27(36(8,9)10)16-28(20-30)37(11,12)13/h14-23,42-43H,1-13H3/t23-/m0/s1. The molecule has 0 fully saturated rings. The first kappa shape index (κ1) is 35.2. The van der Waals surface area contributed by atoms with E-state index in [2.05, 4.69) is 119 Å². The van der Waals surface area contributed by atoms with Crippen LogP contribution in [0.5, 0.6) is 5.75 Å². The fourth-order valence-electron chi connectivity index (χ4n) is 5.06. The fraction of sp³-hybridized carbons (Fsp3) is 0.500. The Bertz CT molecular complexity index is 1370. The third-order valence-corrected chi connectivity index (χ3v) is 8.82. The lowest BCUT2D eigenvalue weighted by molar-refractivity contribution is 0.0583. The SMILES string of the molecule is C[C@H](N=Cc1cc(Cl)cc(Cl)c1O)C(O)(c1cc(C(C)(C)C)cc(C(C)(C)C)c1)c1cc(C(C)(C)C)cc(C(C)(C)C)c1. The highest BCUT2D eigenvalue weighted by molar-refractivity contribution is 6.36. The van der Waals surface area contributed by atoms with Gasteiger partial charge in [-0.2, -0.15) is 0 Å². The highest BCUT2D eigenvalue weighted by atomic mass is 35.5. The van der Waals surface area contributed by atoms with Gasteiger partial charge in [-0.25, -0.2) is 0 Å². The van der Waals surface area contributed by atoms with Crippen molar-refractivity contribution in [3.63, 3.8) is 0 Å². The zero-order valence-electron chi connectivity index (χ0n) is 28.4. The van der Waals surface area contributed by atoms with Crippen molar-refractivity contribution >= 4 is 29.4 Å². The average Bonchev–Trinajstić information content (AvgIpc) is 2.86. The number of hydrogen-bond donors (Lipinski definition) is 2. The van der Waals surface area contributed by atoms with Crippen molar-refractivity contribution < 1.29 is 10.2 Å². The molecule has 0 heterocycles. The summed E-state index contributed by atoms with van der Waals surface area (Å²) in [5.41, 5.74) is 4.47. The summed E-state index contributed by atoms with van der Waals surface area (Å²) < 4.78 is 0. The number of aliphatic imine (C=N–C) groups is 1. The molecule has 1 atom stereocenters. The number of nitrogens with zero attached hydrogens (tertiary/aromatic N) is 1. The van der Waals surface area contributed by atoms with Gasteiger partial charge in [0.2, 0.25) is 0 Å². The highest BCUT2D eigenvalue weighted by Crippen LogP contribution is 2.43. The lowest BCUT2D eigenvalue weighted by Gasteiger charge is -2.38. The Morgan fingerprint density at radius 1 is 0.581 bits per heavy atom. The van der Waals surface area contributed by atoms with Crippen molar-refractivity contribution in [1.29, 1.82) is 0 Å². The van der Waals surface area contributed by atoms with E-state index in [9.17, 15) is 10.2 Å². The van der Waals surface area contributed by atoms with Crippen LogP contribution in [0.25, 0.3) is 0 Å². The zero-order chi connectivity index (χ0) is 32.9. The number of hydrogen-bond acceptors (Lipinski definition) is 3. The van der Waals surface area contributed by atoms with Gasteiger partial charge in [-0.15, -0.1) is 0 Å². The van der Waals surface area contributed by atoms with Crippen LogP contribution in [0, 0.1) is 0 Å². The van der Waals surface area contributed by atoms with Crippen LogP contribution in [0.1, 0.15) is 129 Å². The molecule has 0 bridgehead atoms. The predicted molar refractivity (Wildman–Crippen MR) is 186 cm³/mol. The maximum absolute atomic E-state index is 13.2. The summed E-state index contributed by atoms with van der Waals surface area (Å²) in [5.74, 6) is -0.0972. The number of phenols is 1. The van der Waals surface area contributed by atoms with Gasteiger partial charge in [0.05, 0.1) is 11.1 Å². The van der Waals surface area contributed by atoms with Crippen LogP contribution in [0.2, 0.25) is 10.0 Å². The summed E-state index contributed by atoms with van der Waals surface area (Å²) in [6, 6.07) is 15.5. The van der Waals surface area contributed by atoms with Gasteiger partial charge in [-0.1, -0.05) is 143 Å². The monoisotopic (exact) mass is 623 g/mol. The number of aromatic hydroxyl groups is 1. The molecule has 0 unspecified atom stereocenters. The van der Waals surface area contributed by atoms with Crippen molar-refractivity contribution in [3.8, 4) is 5.75 Å². The van der Waals surface area contributed by atoms with Crippen LogP contribution in [-0.2, 0) is 27.3 Å². The molecular weight excluding hydrogens is 573 g/mol. The first-order chi connectivity index (χ1) is 19.3. The molecule has 3 aromatic carbocycles. The minimum Gasteiger partial charge on any atom is -0.506 e. The lowest BCUT2D eigenvalue weighted by Crippen LogP contribution is -2.39. The van der Waals surface area contributed by atoms with Gasteiger partial charge in [-0.05, 0) is 74.1 Å². The summed E-state index contributed by atoms with van der Waals surface area (Å²) in [6.45, 7) is 28.3. The number of rotatable bonds is 5. The van der Waals surface area contributed by atoms with E-state index < -0.39 is 11.6 Å². The van der Waals surface area contributed by atoms with Gasteiger partial charge in [-0.3, -0.25) is 4.99 Å². The van der Waals surface area contributed by atoms with Crippen LogP contribution >= 0.6 is 23.2 Å². The molecule has 0 spiro atoms. The first-order valence-corrected chi connectivity index (χ1v) is 15.9. The van der Waals surface area contributed by atoms with Gasteiger partial charge in [0.15, 0.2) is 0 Å². The van der Waals surface area contributed by atoms with Gasteiger partial charge in [0.1, 0.15) is 11.4 Å². The average molecular weight is 625 g/mol. The topological polar surface area (TPSA) is 52.8 Å². The lowest BCUT2D eigenvalue weighted by atomic mass is 9.71. The molecule has 5 heteroatoms. The number of phenolic OH excluding ortho intramolecular Hbond substituents is 1. The summed E-state index contributed by atoms with van der Waals surface area (Å²) in [6.07, 6.45) is 1.55. The largest absolute Gasteiger partial charge is 0.506 e. The third kappa shape index (κ3) is 7.85. The van der Waals surface area contributed by atoms with Crippen LogP contribution in [0.15, 0.2) is 53.5 Å². The van der Waals surface area contributed by atoms with E-state index in [-0.39, 0.29) is 32.4 Å². The molecule has 0 saturated heterocycles. The zero-order valence-corrected chi connectivity index (χ0v) is 29.9. The molecule has 0 aromatic heterocycles. The predicted octanol–water partition coefficient (Wildman–Crippen LogP) is 10.6. The van der Waals surface area contributed by atoms with Gasteiger partial charge in [0.25, 0.3) is 0 Å². The molecule has 0 aliphatic heterocycles. The Morgan fingerprint density at radius 3 is 1.23 bits per heavy atom. The van der Waals surface area contributed by atoms with E-state index in [0.717, 1.165) is 33.4 Å². The fourth-order valence-corrected chi connectivity index (χ4v) is 5.57. The van der Waals surface area contributed by atoms with Gasteiger partial charge < -0.3 is 10.2 Å². The molecule has 2 N–H and O–H groups in total. The second kappa shape index (κ2) is 11.9. The van der Waals surface area contributed by atoms with Crippen LogP contribution in [0.3, 0.4) is 0 Å². The van der Waals surface area contributed by atoms with Crippen molar-refractivity contribution in [2.45, 2.75) is 123 Å². The van der Waals surface area contributed by atoms with E-state index >= 15 is 0 Å². The van der Waals surface area contributed by atoms with Gasteiger partial charge >= 0.3 is 0 Å². The van der Waals surface area contributed by atoms with E-state index in [1.807, 2.05) is 6.92 Å². The molecule has 3 rings (SSSR count). The van der Waals surface area contributed by atoms with E-state index in [0.29, 0.717) is 10.6 Å². The minimum absolute atomic E-state index is 0.0972. The molecule has 234 valence electrons. The van der Waals surface area contributed by atoms with E-state index in [4.69, 9.17) is 28.2 Å². The Balaban J connectivity index is 2.45. The summed E-state index contributed by atoms with van der Waals surface area (Å²) in [4.78, 5) is 4.88. The maximum atomic E-state index is 13.2. The molecule has 43 heavy (non-hydrogen) atoms. The molecule has 0 radical (unpaired) electrons. The van der Waals surface area contributed by atoms with E-state index in [1.165, 1.54) is 6.07 Å². The van der Waals surface area contributed by atoms with Crippen LogP contribution < -0.4 is 0 Å². The smallest absolute Gasteiger partial charge is 0.143 e. The molecular formula is C38H51Cl2NO2. The first-order valence-electron chi connectivity index (χ1n) is 15.1. The summed E-state index contributed by atoms with van der Waals surface area (Å²) in [7, 11) is 0. The number of benzene rings is 3. The van der Waals surface area contributed by atoms with Crippen molar-refractivity contribution in [2.75, 3.05) is 0 Å². The Labute approximate surface area is 270 Å². The molecule has 3 nitrogen and oxygen atoms in total. The second-order valence-electron chi connectivity index (χ2n) is 16.1. The Morgan fingerprint density at radius 2 is 0.907 bits per heavy atom. The van der Waals surface area contributed by atoms with Gasteiger partial charge in [0, 0.05) is 16.8 Å². The Kier molecular flexibility index (Phi) is 9.71. The third-order valence-electron chi connectivity index (χ3n) is 8.31. The highest BCUT2D eigenvalue weighted by Gasteiger charge is 2.41. The van der Waals surface area contributed by atoms with E-state index in [1.54, 1.807) is 12.3 Å². The number of aliphatic hydroxyl groups is 1. The quantitative estimate of drug-likeness (QED) is 0.278. The molecule has 3 aromatic rings. The number of halogens is 2. The van der Waals surface area contributed by atoms with Crippen LogP contribution in [0.4, 0.5) is 0 Å². The maximum Gasteiger partial charge on any atom is 0.143 e. The summed E-state index contributed by atoms with van der Waals surface area (Å²) in [5, 5.41) is 24.4. The summed E-state index contributed by atoms with van der Waals surface area (Å²) >= 11 is 12.5. The normalized spacial score (nSPS) is 14.4. The Hall–Kier alpha value is -2.33. The molecule has 0 amide bonds. The van der Waals surface area contributed by atoms with Crippen molar-refractivity contribution in [3.05, 3.63) is 97.5 Å². The minimum atomic E-state index is -1.50. The van der Waals surface area contributed by atoms with Crippen molar-refractivity contribution in [1.82, 2.24) is 0 Å².